The number of anilines is 1. The normalized spacial score (nSPS) is 10.8. The number of aromatic nitrogens is 1. The second-order valence-corrected chi connectivity index (χ2v) is 9.29. The molecule has 3 aromatic carbocycles. The second-order valence-electron chi connectivity index (χ2n) is 9.29. The first-order valence-corrected chi connectivity index (χ1v) is 13.5. The van der Waals surface area contributed by atoms with Crippen LogP contribution in [0.3, 0.4) is 0 Å². The van der Waals surface area contributed by atoms with Crippen molar-refractivity contribution >= 4 is 5.82 Å². The molecule has 0 N–H and O–H groups in total. The van der Waals surface area contributed by atoms with E-state index in [9.17, 15) is 0 Å². The first-order valence-electron chi connectivity index (χ1n) is 13.5. The standard InChI is InChI=1S/C33H38N2O5/c1-36-31-12-6-10-28(20-31)23-35(24-29-11-7-13-32(21-29)37-2)33-15-14-30(22-34-33)26-40-19-17-38-16-18-39-25-27-8-4-3-5-9-27/h3-15,20-22H,16-19,23-26H2,1-2H3. The van der Waals surface area contributed by atoms with Crippen molar-refractivity contribution in [3.8, 4) is 11.5 Å². The first-order chi connectivity index (χ1) is 19.7. The van der Waals surface area contributed by atoms with Crippen LogP contribution in [0.25, 0.3) is 0 Å². The molecule has 7 nitrogen and oxygen atoms in total. The summed E-state index contributed by atoms with van der Waals surface area (Å²) in [6.07, 6.45) is 1.87. The van der Waals surface area contributed by atoms with Gasteiger partial charge in [-0.05, 0) is 52.6 Å². The van der Waals surface area contributed by atoms with Crippen molar-refractivity contribution < 1.29 is 23.7 Å². The highest BCUT2D eigenvalue weighted by Gasteiger charge is 2.12. The van der Waals surface area contributed by atoms with Crippen LogP contribution in [0.1, 0.15) is 22.3 Å². The lowest BCUT2D eigenvalue weighted by atomic mass is 10.1. The molecule has 0 atom stereocenters. The predicted octanol–water partition coefficient (Wildman–Crippen LogP) is 6.06. The molecular weight excluding hydrogens is 504 g/mol. The van der Waals surface area contributed by atoms with Crippen LogP contribution >= 0.6 is 0 Å². The van der Waals surface area contributed by atoms with Gasteiger partial charge in [0, 0.05) is 19.3 Å². The minimum absolute atomic E-state index is 0.479. The van der Waals surface area contributed by atoms with E-state index in [0.717, 1.165) is 39.6 Å². The maximum Gasteiger partial charge on any atom is 0.129 e. The Morgan fingerprint density at radius 3 is 1.65 bits per heavy atom. The molecule has 1 heterocycles. The summed E-state index contributed by atoms with van der Waals surface area (Å²) >= 11 is 0. The van der Waals surface area contributed by atoms with Gasteiger partial charge in [-0.1, -0.05) is 60.7 Å². The van der Waals surface area contributed by atoms with Gasteiger partial charge in [0.1, 0.15) is 17.3 Å². The summed E-state index contributed by atoms with van der Waals surface area (Å²) in [6.45, 7) is 4.58. The molecule has 0 amide bonds. The number of rotatable bonds is 17. The third-order valence-corrected chi connectivity index (χ3v) is 6.27. The highest BCUT2D eigenvalue weighted by atomic mass is 16.5. The Morgan fingerprint density at radius 2 is 1.10 bits per heavy atom. The van der Waals surface area contributed by atoms with Crippen molar-refractivity contribution in [3.63, 3.8) is 0 Å². The zero-order valence-electron chi connectivity index (χ0n) is 23.3. The van der Waals surface area contributed by atoms with E-state index in [4.69, 9.17) is 28.7 Å². The van der Waals surface area contributed by atoms with Crippen LogP contribution < -0.4 is 14.4 Å². The van der Waals surface area contributed by atoms with Gasteiger partial charge < -0.3 is 28.6 Å². The Morgan fingerprint density at radius 1 is 0.550 bits per heavy atom. The highest BCUT2D eigenvalue weighted by molar-refractivity contribution is 5.43. The van der Waals surface area contributed by atoms with Crippen molar-refractivity contribution in [2.24, 2.45) is 0 Å². The zero-order valence-corrected chi connectivity index (χ0v) is 23.3. The topological polar surface area (TPSA) is 62.3 Å². The van der Waals surface area contributed by atoms with Crippen molar-refractivity contribution in [2.45, 2.75) is 26.3 Å². The molecule has 0 radical (unpaired) electrons. The summed E-state index contributed by atoms with van der Waals surface area (Å²) < 4.78 is 27.9. The molecule has 1 aromatic heterocycles. The average molecular weight is 543 g/mol. The Kier molecular flexibility index (Phi) is 11.8. The predicted molar refractivity (Wildman–Crippen MR) is 157 cm³/mol. The Labute approximate surface area is 237 Å². The summed E-state index contributed by atoms with van der Waals surface area (Å²) in [5, 5.41) is 0. The molecule has 0 aliphatic rings. The quantitative estimate of drug-likeness (QED) is 0.150. The molecule has 0 aliphatic carbocycles. The van der Waals surface area contributed by atoms with Gasteiger partial charge in [0.2, 0.25) is 0 Å². The SMILES string of the molecule is COc1cccc(CN(Cc2cccc(OC)c2)c2ccc(COCCOCCOCc3ccccc3)cn2)c1. The van der Waals surface area contributed by atoms with Gasteiger partial charge in [-0.15, -0.1) is 0 Å². The lowest BCUT2D eigenvalue weighted by Gasteiger charge is -2.25. The molecule has 7 heteroatoms. The van der Waals surface area contributed by atoms with E-state index in [1.165, 1.54) is 0 Å². The number of ether oxygens (including phenoxy) is 5. The molecule has 0 aliphatic heterocycles. The number of benzene rings is 3. The van der Waals surface area contributed by atoms with Gasteiger partial charge in [0.05, 0.1) is 53.9 Å². The van der Waals surface area contributed by atoms with E-state index >= 15 is 0 Å². The molecule has 4 rings (SSSR count). The summed E-state index contributed by atoms with van der Waals surface area (Å²) in [7, 11) is 3.37. The van der Waals surface area contributed by atoms with E-state index in [2.05, 4.69) is 47.4 Å². The average Bonchev–Trinajstić information content (AvgIpc) is 3.01. The smallest absolute Gasteiger partial charge is 0.129 e. The molecule has 0 saturated heterocycles. The van der Waals surface area contributed by atoms with Crippen LogP contribution in [0.15, 0.2) is 97.2 Å². The molecule has 0 fully saturated rings. The lowest BCUT2D eigenvalue weighted by Crippen LogP contribution is -2.23. The number of nitrogens with zero attached hydrogens (tertiary/aromatic N) is 2. The zero-order chi connectivity index (χ0) is 27.8. The number of hydrogen-bond donors (Lipinski definition) is 0. The summed E-state index contributed by atoms with van der Waals surface area (Å²) in [5.41, 5.74) is 4.45. The Bertz CT molecular complexity index is 1220. The first kappa shape index (κ1) is 29.1. The molecule has 210 valence electrons. The fourth-order valence-electron chi connectivity index (χ4n) is 4.18. The summed E-state index contributed by atoms with van der Waals surface area (Å²) in [5.74, 6) is 2.55. The largest absolute Gasteiger partial charge is 0.497 e. The van der Waals surface area contributed by atoms with E-state index in [1.807, 2.05) is 54.7 Å². The highest BCUT2D eigenvalue weighted by Crippen LogP contribution is 2.22. The van der Waals surface area contributed by atoms with Gasteiger partial charge in [-0.3, -0.25) is 0 Å². The monoisotopic (exact) mass is 542 g/mol. The molecule has 0 unspecified atom stereocenters. The minimum Gasteiger partial charge on any atom is -0.497 e. The lowest BCUT2D eigenvalue weighted by molar-refractivity contribution is 0.00700. The van der Waals surface area contributed by atoms with E-state index in [1.54, 1.807) is 14.2 Å². The van der Waals surface area contributed by atoms with Gasteiger partial charge in [0.25, 0.3) is 0 Å². The third-order valence-electron chi connectivity index (χ3n) is 6.27. The summed E-state index contributed by atoms with van der Waals surface area (Å²) in [4.78, 5) is 7.00. The Hall–Kier alpha value is -3.91. The molecule has 0 saturated carbocycles. The number of pyridine rings is 1. The van der Waals surface area contributed by atoms with Crippen molar-refractivity contribution in [2.75, 3.05) is 45.5 Å². The van der Waals surface area contributed by atoms with Gasteiger partial charge in [0.15, 0.2) is 0 Å². The second kappa shape index (κ2) is 16.3. The van der Waals surface area contributed by atoms with Crippen LogP contribution in [0.2, 0.25) is 0 Å². The van der Waals surface area contributed by atoms with Gasteiger partial charge in [-0.25, -0.2) is 4.98 Å². The molecule has 0 bridgehead atoms. The molecular formula is C33H38N2O5. The van der Waals surface area contributed by atoms with Gasteiger partial charge >= 0.3 is 0 Å². The van der Waals surface area contributed by atoms with Crippen molar-refractivity contribution in [3.05, 3.63) is 119 Å². The van der Waals surface area contributed by atoms with E-state index < -0.39 is 0 Å². The molecule has 40 heavy (non-hydrogen) atoms. The van der Waals surface area contributed by atoms with E-state index in [-0.39, 0.29) is 0 Å². The van der Waals surface area contributed by atoms with E-state index in [0.29, 0.717) is 52.7 Å². The fraction of sp³-hybridized carbons (Fsp3) is 0.303. The number of hydrogen-bond acceptors (Lipinski definition) is 7. The van der Waals surface area contributed by atoms with Crippen LogP contribution in [0.4, 0.5) is 5.82 Å². The molecule has 0 spiro atoms. The fourth-order valence-corrected chi connectivity index (χ4v) is 4.18. The Balaban J connectivity index is 1.25. The van der Waals surface area contributed by atoms with Crippen LogP contribution in [-0.2, 0) is 40.5 Å². The number of methoxy groups -OCH3 is 2. The van der Waals surface area contributed by atoms with Crippen LogP contribution in [-0.4, -0.2) is 45.6 Å². The minimum atomic E-state index is 0.479. The van der Waals surface area contributed by atoms with Gasteiger partial charge in [-0.2, -0.15) is 0 Å². The van der Waals surface area contributed by atoms with Crippen LogP contribution in [0.5, 0.6) is 11.5 Å². The maximum absolute atomic E-state index is 5.79. The third kappa shape index (κ3) is 9.68. The van der Waals surface area contributed by atoms with Crippen molar-refractivity contribution in [1.29, 1.82) is 0 Å². The maximum atomic E-state index is 5.79. The van der Waals surface area contributed by atoms with Crippen molar-refractivity contribution in [1.82, 2.24) is 4.98 Å². The summed E-state index contributed by atoms with van der Waals surface area (Å²) in [6, 6.07) is 30.4. The molecule has 4 aromatic rings. The van der Waals surface area contributed by atoms with Crippen LogP contribution in [0, 0.1) is 0 Å².